The summed E-state index contributed by atoms with van der Waals surface area (Å²) in [6, 6.07) is 11.8. The van der Waals surface area contributed by atoms with E-state index in [0.717, 1.165) is 39.9 Å². The first-order chi connectivity index (χ1) is 13.6. The van der Waals surface area contributed by atoms with Crippen molar-refractivity contribution < 1.29 is 9.53 Å². The topological polar surface area (TPSA) is 57.0 Å². The summed E-state index contributed by atoms with van der Waals surface area (Å²) in [7, 11) is 1.66. The molecule has 144 valence electrons. The van der Waals surface area contributed by atoms with Crippen molar-refractivity contribution in [3.8, 4) is 5.75 Å². The highest BCUT2D eigenvalue weighted by Gasteiger charge is 2.11. The van der Waals surface area contributed by atoms with E-state index >= 15 is 0 Å². The summed E-state index contributed by atoms with van der Waals surface area (Å²) in [6.07, 6.45) is 6.85. The van der Waals surface area contributed by atoms with Crippen LogP contribution >= 0.6 is 11.8 Å². The molecule has 0 saturated heterocycles. The van der Waals surface area contributed by atoms with Crippen LogP contribution in [-0.2, 0) is 12.3 Å². The molecule has 3 rings (SSSR count). The molecule has 0 radical (unpaired) electrons. The number of rotatable bonds is 8. The number of aromatic nitrogens is 3. The van der Waals surface area contributed by atoms with Crippen LogP contribution in [0.15, 0.2) is 59.9 Å². The molecule has 6 heteroatoms. The minimum Gasteiger partial charge on any atom is -0.496 e. The lowest BCUT2D eigenvalue weighted by Crippen LogP contribution is -2.01. The van der Waals surface area contributed by atoms with Gasteiger partial charge in [0.15, 0.2) is 5.78 Å². The number of carbonyl (C=O) groups is 1. The van der Waals surface area contributed by atoms with Crippen molar-refractivity contribution in [2.45, 2.75) is 31.2 Å². The number of ketones is 1. The van der Waals surface area contributed by atoms with Gasteiger partial charge in [0, 0.05) is 29.8 Å². The van der Waals surface area contributed by atoms with Crippen LogP contribution in [0, 0.1) is 6.92 Å². The van der Waals surface area contributed by atoms with E-state index in [2.05, 4.69) is 10.1 Å². The molecule has 0 aliphatic rings. The van der Waals surface area contributed by atoms with Crippen LogP contribution in [0.3, 0.4) is 0 Å². The molecule has 0 fully saturated rings. The number of thioether (sulfide) groups is 1. The first-order valence-electron chi connectivity index (χ1n) is 9.08. The minimum atomic E-state index is -0.0440. The van der Waals surface area contributed by atoms with Crippen molar-refractivity contribution >= 4 is 23.6 Å². The monoisotopic (exact) mass is 393 g/mol. The quantitative estimate of drug-likeness (QED) is 0.312. The number of ether oxygens (including phenoxy) is 1. The number of nitrogens with zero attached hydrogens (tertiary/aromatic N) is 3. The molecule has 0 spiro atoms. The van der Waals surface area contributed by atoms with Crippen LogP contribution < -0.4 is 4.74 Å². The van der Waals surface area contributed by atoms with Gasteiger partial charge in [0.2, 0.25) is 0 Å². The fourth-order valence-electron chi connectivity index (χ4n) is 2.87. The SMILES string of the molecule is CCn1ncc(C(=O)/C=C/c2ccc(OC)c(CSc3ccccn3)c2)c1C. The van der Waals surface area contributed by atoms with Gasteiger partial charge in [-0.1, -0.05) is 18.2 Å². The number of pyridine rings is 1. The van der Waals surface area contributed by atoms with Gasteiger partial charge in [0.05, 0.1) is 23.9 Å². The number of benzene rings is 1. The van der Waals surface area contributed by atoms with E-state index in [1.165, 1.54) is 0 Å². The van der Waals surface area contributed by atoms with Gasteiger partial charge >= 0.3 is 0 Å². The summed E-state index contributed by atoms with van der Waals surface area (Å²) < 4.78 is 7.30. The van der Waals surface area contributed by atoms with Gasteiger partial charge in [-0.3, -0.25) is 9.48 Å². The summed E-state index contributed by atoms with van der Waals surface area (Å²) in [4.78, 5) is 16.8. The summed E-state index contributed by atoms with van der Waals surface area (Å²) in [5.74, 6) is 1.52. The molecule has 0 aliphatic carbocycles. The zero-order valence-electron chi connectivity index (χ0n) is 16.3. The van der Waals surface area contributed by atoms with Gasteiger partial charge in [0.1, 0.15) is 5.75 Å². The number of hydrogen-bond acceptors (Lipinski definition) is 5. The Balaban J connectivity index is 1.75. The van der Waals surface area contributed by atoms with Crippen molar-refractivity contribution in [3.05, 3.63) is 77.3 Å². The average Bonchev–Trinajstić information content (AvgIpc) is 3.11. The third-order valence-corrected chi connectivity index (χ3v) is 5.41. The number of carbonyl (C=O) groups excluding carboxylic acids is 1. The Hall–Kier alpha value is -2.86. The maximum Gasteiger partial charge on any atom is 0.189 e. The number of methoxy groups -OCH3 is 1. The third-order valence-electron chi connectivity index (χ3n) is 4.41. The maximum absolute atomic E-state index is 12.5. The van der Waals surface area contributed by atoms with E-state index < -0.39 is 0 Å². The van der Waals surface area contributed by atoms with Crippen LogP contribution in [-0.4, -0.2) is 27.7 Å². The van der Waals surface area contributed by atoms with Crippen LogP contribution in [0.25, 0.3) is 6.08 Å². The van der Waals surface area contributed by atoms with Gasteiger partial charge in [0.25, 0.3) is 0 Å². The minimum absolute atomic E-state index is 0.0440. The molecule has 0 N–H and O–H groups in total. The standard InChI is InChI=1S/C22H23N3O2S/c1-4-25-16(2)19(14-24-25)20(26)10-8-17-9-11-21(27-3)18(13-17)15-28-22-7-5-6-12-23-22/h5-14H,4,15H2,1-3H3/b10-8+. The van der Waals surface area contributed by atoms with Crippen LogP contribution in [0.2, 0.25) is 0 Å². The number of allylic oxidation sites excluding steroid dienone is 1. The van der Waals surface area contributed by atoms with Gasteiger partial charge in [-0.15, -0.1) is 11.8 Å². The molecule has 0 aliphatic heterocycles. The molecule has 2 aromatic heterocycles. The Bertz CT molecular complexity index is 981. The molecule has 0 unspecified atom stereocenters. The summed E-state index contributed by atoms with van der Waals surface area (Å²) in [5, 5.41) is 5.20. The lowest BCUT2D eigenvalue weighted by molar-refractivity contribution is 0.104. The number of aryl methyl sites for hydroxylation is 1. The lowest BCUT2D eigenvalue weighted by Gasteiger charge is -2.09. The second kappa shape index (κ2) is 9.37. The van der Waals surface area contributed by atoms with Crippen molar-refractivity contribution in [1.82, 2.24) is 14.8 Å². The highest BCUT2D eigenvalue weighted by atomic mass is 32.2. The van der Waals surface area contributed by atoms with E-state index in [1.54, 1.807) is 37.3 Å². The van der Waals surface area contributed by atoms with Gasteiger partial charge in [-0.25, -0.2) is 4.98 Å². The summed E-state index contributed by atoms with van der Waals surface area (Å²) in [5.41, 5.74) is 3.53. The molecule has 5 nitrogen and oxygen atoms in total. The smallest absolute Gasteiger partial charge is 0.189 e. The predicted molar refractivity (Wildman–Crippen MR) is 113 cm³/mol. The van der Waals surface area contributed by atoms with E-state index in [9.17, 15) is 4.79 Å². The first-order valence-corrected chi connectivity index (χ1v) is 10.1. The van der Waals surface area contributed by atoms with Crippen molar-refractivity contribution in [2.24, 2.45) is 0 Å². The van der Waals surface area contributed by atoms with Crippen molar-refractivity contribution in [3.63, 3.8) is 0 Å². The molecule has 2 heterocycles. The maximum atomic E-state index is 12.5. The van der Waals surface area contributed by atoms with Crippen LogP contribution in [0.4, 0.5) is 0 Å². The highest BCUT2D eigenvalue weighted by Crippen LogP contribution is 2.28. The molecule has 0 amide bonds. The van der Waals surface area contributed by atoms with Gasteiger partial charge in [-0.2, -0.15) is 5.10 Å². The zero-order chi connectivity index (χ0) is 19.9. The molecule has 0 saturated carbocycles. The van der Waals surface area contributed by atoms with E-state index in [4.69, 9.17) is 4.74 Å². The fraction of sp³-hybridized carbons (Fsp3) is 0.227. The molecule has 3 aromatic rings. The molecule has 0 atom stereocenters. The average molecular weight is 394 g/mol. The summed E-state index contributed by atoms with van der Waals surface area (Å²) >= 11 is 1.65. The molecule has 28 heavy (non-hydrogen) atoms. The third kappa shape index (κ3) is 4.70. The second-order valence-electron chi connectivity index (χ2n) is 6.18. The van der Waals surface area contributed by atoms with Gasteiger partial charge in [-0.05, 0) is 49.8 Å². The van der Waals surface area contributed by atoms with Crippen LogP contribution in [0.1, 0.15) is 34.1 Å². The molecule has 0 bridgehead atoms. The Morgan fingerprint density at radius 2 is 2.14 bits per heavy atom. The first kappa shape index (κ1) is 19.9. The second-order valence-corrected chi connectivity index (χ2v) is 7.18. The molecule has 1 aromatic carbocycles. The normalized spacial score (nSPS) is 11.1. The van der Waals surface area contributed by atoms with E-state index in [1.807, 2.05) is 61.0 Å². The van der Waals surface area contributed by atoms with Crippen LogP contribution in [0.5, 0.6) is 5.75 Å². The van der Waals surface area contributed by atoms with Crippen molar-refractivity contribution in [1.29, 1.82) is 0 Å². The van der Waals surface area contributed by atoms with E-state index in [-0.39, 0.29) is 5.78 Å². The molecular formula is C22H23N3O2S. The van der Waals surface area contributed by atoms with Gasteiger partial charge < -0.3 is 4.74 Å². The fourth-order valence-corrected chi connectivity index (χ4v) is 3.71. The zero-order valence-corrected chi connectivity index (χ0v) is 17.1. The highest BCUT2D eigenvalue weighted by molar-refractivity contribution is 7.98. The largest absolute Gasteiger partial charge is 0.496 e. The lowest BCUT2D eigenvalue weighted by atomic mass is 10.1. The molecular weight excluding hydrogens is 370 g/mol. The number of hydrogen-bond donors (Lipinski definition) is 0. The van der Waals surface area contributed by atoms with Crippen molar-refractivity contribution in [2.75, 3.05) is 7.11 Å². The Labute approximate surface area is 169 Å². The Morgan fingerprint density at radius 1 is 1.29 bits per heavy atom. The Kier molecular flexibility index (Phi) is 6.66. The summed E-state index contributed by atoms with van der Waals surface area (Å²) in [6.45, 7) is 4.67. The Morgan fingerprint density at radius 3 is 2.82 bits per heavy atom. The predicted octanol–water partition coefficient (Wildman–Crippen LogP) is 4.80. The van der Waals surface area contributed by atoms with E-state index in [0.29, 0.717) is 5.56 Å².